The molecule has 5 nitrogen and oxygen atoms in total. The first-order valence-electron chi connectivity index (χ1n) is 14.9. The normalized spacial score (nSPS) is 23.4. The van der Waals surface area contributed by atoms with Crippen LogP contribution in [0.2, 0.25) is 5.02 Å². The van der Waals surface area contributed by atoms with E-state index >= 15 is 0 Å². The summed E-state index contributed by atoms with van der Waals surface area (Å²) < 4.78 is 0. The maximum Gasteiger partial charge on any atom is 0.320 e. The smallest absolute Gasteiger partial charge is 0.320 e. The van der Waals surface area contributed by atoms with E-state index in [0.29, 0.717) is 23.7 Å². The number of piperidine rings is 1. The summed E-state index contributed by atoms with van der Waals surface area (Å²) in [6, 6.07) is 16.6. The summed E-state index contributed by atoms with van der Waals surface area (Å²) in [7, 11) is 0. The molecule has 0 spiro atoms. The molecule has 7 heteroatoms. The molecule has 1 aliphatic carbocycles. The van der Waals surface area contributed by atoms with Crippen molar-refractivity contribution in [2.75, 3.05) is 32.7 Å². The molecule has 2 aromatic carbocycles. The van der Waals surface area contributed by atoms with Crippen LogP contribution in [0.1, 0.15) is 70.5 Å². The summed E-state index contributed by atoms with van der Waals surface area (Å²) >= 11 is 7.90. The number of carbonyl (C=O) groups is 1. The van der Waals surface area contributed by atoms with Crippen molar-refractivity contribution in [3.05, 3.63) is 86.3 Å². The number of carboxylic acid groups (broad SMARTS) is 1. The highest BCUT2D eigenvalue weighted by Gasteiger charge is 2.42. The largest absolute Gasteiger partial charge is 0.480 e. The Morgan fingerprint density at radius 2 is 1.88 bits per heavy atom. The molecule has 40 heavy (non-hydrogen) atoms. The van der Waals surface area contributed by atoms with Gasteiger partial charge in [-0.2, -0.15) is 0 Å². The number of aryl methyl sites for hydroxylation is 1. The number of benzene rings is 2. The third-order valence-electron chi connectivity index (χ3n) is 9.24. The van der Waals surface area contributed by atoms with Gasteiger partial charge in [-0.1, -0.05) is 66.4 Å². The number of carboxylic acids is 1. The first kappa shape index (κ1) is 27.9. The topological polar surface area (TPSA) is 56.7 Å². The van der Waals surface area contributed by atoms with Crippen LogP contribution in [-0.2, 0) is 11.2 Å². The number of likely N-dealkylation sites (tertiary alicyclic amines) is 2. The van der Waals surface area contributed by atoms with Crippen LogP contribution in [0.5, 0.6) is 0 Å². The van der Waals surface area contributed by atoms with E-state index in [9.17, 15) is 9.90 Å². The van der Waals surface area contributed by atoms with Gasteiger partial charge >= 0.3 is 5.97 Å². The molecule has 1 aromatic heterocycles. The SMILES string of the molecule is Cc1cccc([C@H]2CN([C@H](CC3CC3)C(=O)O)C[C@@H]2CN2CCC(c3cnc(Cc4ccc(Cl)cc4)s3)CC2)c1. The number of nitrogens with zero attached hydrogens (tertiary/aromatic N) is 3. The molecule has 1 saturated carbocycles. The van der Waals surface area contributed by atoms with Gasteiger partial charge in [0.05, 0.1) is 5.01 Å². The Hall–Kier alpha value is -2.25. The zero-order valence-corrected chi connectivity index (χ0v) is 24.9. The average Bonchev–Trinajstić information content (AvgIpc) is 3.49. The molecule has 3 atom stereocenters. The van der Waals surface area contributed by atoms with E-state index in [2.05, 4.69) is 59.3 Å². The van der Waals surface area contributed by atoms with Crippen LogP contribution in [0, 0.1) is 18.8 Å². The molecule has 3 aliphatic rings. The second-order valence-corrected chi connectivity index (χ2v) is 13.9. The Bertz CT molecular complexity index is 1300. The molecule has 3 fully saturated rings. The lowest BCUT2D eigenvalue weighted by molar-refractivity contribution is -0.143. The Morgan fingerprint density at radius 1 is 1.10 bits per heavy atom. The fourth-order valence-corrected chi connectivity index (χ4v) is 8.05. The zero-order valence-electron chi connectivity index (χ0n) is 23.3. The molecule has 212 valence electrons. The minimum atomic E-state index is -0.642. The summed E-state index contributed by atoms with van der Waals surface area (Å²) in [6.07, 6.45) is 8.48. The fraction of sp³-hybridized carbons (Fsp3) is 0.515. The van der Waals surface area contributed by atoms with E-state index in [0.717, 1.165) is 63.4 Å². The molecule has 0 unspecified atom stereocenters. The van der Waals surface area contributed by atoms with Gasteiger partial charge in [-0.25, -0.2) is 4.98 Å². The summed E-state index contributed by atoms with van der Waals surface area (Å²) in [4.78, 5) is 23.4. The van der Waals surface area contributed by atoms with Crippen LogP contribution in [0.15, 0.2) is 54.7 Å². The lowest BCUT2D eigenvalue weighted by atomic mass is 9.87. The molecular weight excluding hydrogens is 538 g/mol. The van der Waals surface area contributed by atoms with Crippen molar-refractivity contribution in [2.45, 2.75) is 63.3 Å². The highest BCUT2D eigenvalue weighted by Crippen LogP contribution is 2.40. The maximum absolute atomic E-state index is 12.3. The number of halogens is 1. The highest BCUT2D eigenvalue weighted by atomic mass is 35.5. The lowest BCUT2D eigenvalue weighted by Gasteiger charge is -2.34. The predicted octanol–water partition coefficient (Wildman–Crippen LogP) is 6.84. The second kappa shape index (κ2) is 12.3. The number of rotatable bonds is 10. The first-order valence-corrected chi connectivity index (χ1v) is 16.1. The van der Waals surface area contributed by atoms with Gasteiger partial charge in [0.2, 0.25) is 0 Å². The monoisotopic (exact) mass is 577 g/mol. The molecule has 2 aliphatic heterocycles. The van der Waals surface area contributed by atoms with E-state index in [-0.39, 0.29) is 6.04 Å². The van der Waals surface area contributed by atoms with E-state index in [4.69, 9.17) is 16.6 Å². The number of thiazole rings is 1. The third-order valence-corrected chi connectivity index (χ3v) is 10.7. The summed E-state index contributed by atoms with van der Waals surface area (Å²) in [5, 5.41) is 12.0. The first-order chi connectivity index (χ1) is 19.4. The van der Waals surface area contributed by atoms with Crippen molar-refractivity contribution in [1.29, 1.82) is 0 Å². The Kier molecular flexibility index (Phi) is 8.59. The van der Waals surface area contributed by atoms with Crippen molar-refractivity contribution >= 4 is 28.9 Å². The molecule has 0 radical (unpaired) electrons. The average molecular weight is 578 g/mol. The number of aromatic nitrogens is 1. The van der Waals surface area contributed by atoms with Crippen LogP contribution in [0.3, 0.4) is 0 Å². The predicted molar refractivity (Wildman–Crippen MR) is 163 cm³/mol. The van der Waals surface area contributed by atoms with E-state index in [1.54, 1.807) is 0 Å². The van der Waals surface area contributed by atoms with E-state index < -0.39 is 5.97 Å². The van der Waals surface area contributed by atoms with Crippen molar-refractivity contribution in [2.24, 2.45) is 11.8 Å². The van der Waals surface area contributed by atoms with Gasteiger partial charge in [0.15, 0.2) is 0 Å². The second-order valence-electron chi connectivity index (χ2n) is 12.3. The van der Waals surface area contributed by atoms with Crippen LogP contribution >= 0.6 is 22.9 Å². The minimum Gasteiger partial charge on any atom is -0.480 e. The number of aliphatic carboxylic acids is 1. The van der Waals surface area contributed by atoms with Gasteiger partial charge in [0.25, 0.3) is 0 Å². The molecule has 6 rings (SSSR count). The van der Waals surface area contributed by atoms with Gasteiger partial charge in [-0.15, -0.1) is 11.3 Å². The third kappa shape index (κ3) is 6.79. The molecule has 1 N–H and O–H groups in total. The van der Waals surface area contributed by atoms with Gasteiger partial charge in [-0.05, 0) is 80.3 Å². The molecule has 3 heterocycles. The molecule has 2 saturated heterocycles. The summed E-state index contributed by atoms with van der Waals surface area (Å²) in [6.45, 7) is 7.12. The van der Waals surface area contributed by atoms with Gasteiger partial charge in [0, 0.05) is 48.1 Å². The zero-order chi connectivity index (χ0) is 27.6. The molecular formula is C33H40ClN3O2S. The van der Waals surface area contributed by atoms with Gasteiger partial charge < -0.3 is 10.0 Å². The maximum atomic E-state index is 12.3. The van der Waals surface area contributed by atoms with E-state index in [1.165, 1.54) is 39.4 Å². The Balaban J connectivity index is 1.08. The van der Waals surface area contributed by atoms with Gasteiger partial charge in [0.1, 0.15) is 6.04 Å². The summed E-state index contributed by atoms with van der Waals surface area (Å²) in [5.74, 6) is 1.38. The van der Waals surface area contributed by atoms with Gasteiger partial charge in [-0.3, -0.25) is 9.69 Å². The molecule has 0 bridgehead atoms. The van der Waals surface area contributed by atoms with Crippen LogP contribution < -0.4 is 0 Å². The Labute approximate surface area is 247 Å². The number of hydrogen-bond donors (Lipinski definition) is 1. The highest BCUT2D eigenvalue weighted by molar-refractivity contribution is 7.11. The van der Waals surface area contributed by atoms with Crippen molar-refractivity contribution in [3.63, 3.8) is 0 Å². The van der Waals surface area contributed by atoms with Crippen molar-refractivity contribution < 1.29 is 9.90 Å². The molecule has 0 amide bonds. The van der Waals surface area contributed by atoms with Crippen LogP contribution in [-0.4, -0.2) is 64.6 Å². The molecule has 3 aromatic rings. The van der Waals surface area contributed by atoms with Crippen molar-refractivity contribution in [1.82, 2.24) is 14.8 Å². The number of hydrogen-bond acceptors (Lipinski definition) is 5. The minimum absolute atomic E-state index is 0.344. The van der Waals surface area contributed by atoms with E-state index in [1.807, 2.05) is 23.5 Å². The fourth-order valence-electron chi connectivity index (χ4n) is 6.80. The van der Waals surface area contributed by atoms with Crippen molar-refractivity contribution in [3.8, 4) is 0 Å². The Morgan fingerprint density at radius 3 is 2.58 bits per heavy atom. The lowest BCUT2D eigenvalue weighted by Crippen LogP contribution is -2.41. The van der Waals surface area contributed by atoms with Crippen LogP contribution in [0.25, 0.3) is 0 Å². The van der Waals surface area contributed by atoms with Crippen LogP contribution in [0.4, 0.5) is 0 Å². The summed E-state index contributed by atoms with van der Waals surface area (Å²) in [5.41, 5.74) is 3.90. The standard InChI is InChI=1S/C33H40ClN3O2S/c1-22-3-2-4-26(15-22)29-21-37(30(33(38)39)16-23-5-6-23)20-27(29)19-36-13-11-25(12-14-36)31-18-35-32(40-31)17-24-7-9-28(34)10-8-24/h2-4,7-10,15,18,23,25,27,29-30H,5-6,11-14,16-17,19-21H2,1H3,(H,38,39)/t27-,29+,30+/m0/s1. The quantitative estimate of drug-likeness (QED) is 0.286.